The molecule has 0 amide bonds. The summed E-state index contributed by atoms with van der Waals surface area (Å²) < 4.78 is 0. The molecule has 17 heavy (non-hydrogen) atoms. The fraction of sp³-hybridized carbons (Fsp3) is 0.308. The summed E-state index contributed by atoms with van der Waals surface area (Å²) in [7, 11) is 0. The summed E-state index contributed by atoms with van der Waals surface area (Å²) in [5.41, 5.74) is 3.64. The standard InChI is InChI=1S/C13H16ClN3/c1-9-5-13(14)4-3-11(9)6-15-10(2)12-7-16-17-8-12/h3-5,7-8,10,15H,6H2,1-2H3,(H,16,17). The van der Waals surface area contributed by atoms with Gasteiger partial charge in [0.15, 0.2) is 0 Å². The van der Waals surface area contributed by atoms with Crippen molar-refractivity contribution in [1.29, 1.82) is 0 Å². The molecular formula is C13H16ClN3. The largest absolute Gasteiger partial charge is 0.306 e. The van der Waals surface area contributed by atoms with Gasteiger partial charge >= 0.3 is 0 Å². The monoisotopic (exact) mass is 249 g/mol. The molecule has 0 bridgehead atoms. The maximum atomic E-state index is 5.93. The van der Waals surface area contributed by atoms with Crippen LogP contribution in [0.5, 0.6) is 0 Å². The van der Waals surface area contributed by atoms with Gasteiger partial charge in [0.05, 0.1) is 6.20 Å². The first kappa shape index (κ1) is 12.1. The van der Waals surface area contributed by atoms with E-state index in [1.54, 1.807) is 0 Å². The minimum atomic E-state index is 0.281. The number of halogens is 1. The van der Waals surface area contributed by atoms with Crippen LogP contribution in [0.1, 0.15) is 29.7 Å². The van der Waals surface area contributed by atoms with Crippen molar-refractivity contribution in [1.82, 2.24) is 15.5 Å². The van der Waals surface area contributed by atoms with E-state index in [0.717, 1.165) is 17.1 Å². The Hall–Kier alpha value is -1.32. The van der Waals surface area contributed by atoms with Crippen molar-refractivity contribution in [3.63, 3.8) is 0 Å². The van der Waals surface area contributed by atoms with E-state index in [4.69, 9.17) is 11.6 Å². The molecule has 0 aliphatic heterocycles. The molecule has 1 atom stereocenters. The van der Waals surface area contributed by atoms with Crippen molar-refractivity contribution in [2.45, 2.75) is 26.4 Å². The Morgan fingerprint density at radius 3 is 2.94 bits per heavy atom. The van der Waals surface area contributed by atoms with E-state index < -0.39 is 0 Å². The second-order valence-electron chi connectivity index (χ2n) is 4.21. The number of hydrogen-bond donors (Lipinski definition) is 2. The molecule has 4 heteroatoms. The van der Waals surface area contributed by atoms with Crippen molar-refractivity contribution in [2.24, 2.45) is 0 Å². The van der Waals surface area contributed by atoms with Crippen LogP contribution < -0.4 is 5.32 Å². The molecule has 2 aromatic rings. The Labute approximate surface area is 106 Å². The minimum absolute atomic E-state index is 0.281. The molecule has 0 radical (unpaired) electrons. The maximum Gasteiger partial charge on any atom is 0.0534 e. The van der Waals surface area contributed by atoms with Gasteiger partial charge in [0.25, 0.3) is 0 Å². The van der Waals surface area contributed by atoms with Crippen molar-refractivity contribution in [3.8, 4) is 0 Å². The van der Waals surface area contributed by atoms with Crippen LogP contribution in [0.4, 0.5) is 0 Å². The second kappa shape index (κ2) is 5.34. The smallest absolute Gasteiger partial charge is 0.0534 e. The maximum absolute atomic E-state index is 5.93. The van der Waals surface area contributed by atoms with Gasteiger partial charge in [-0.3, -0.25) is 5.10 Å². The van der Waals surface area contributed by atoms with Gasteiger partial charge in [0.2, 0.25) is 0 Å². The lowest BCUT2D eigenvalue weighted by Crippen LogP contribution is -2.18. The lowest BCUT2D eigenvalue weighted by Gasteiger charge is -2.13. The van der Waals surface area contributed by atoms with Crippen LogP contribution in [0.25, 0.3) is 0 Å². The molecule has 1 unspecified atom stereocenters. The van der Waals surface area contributed by atoms with Gasteiger partial charge in [-0.1, -0.05) is 17.7 Å². The van der Waals surface area contributed by atoms with E-state index >= 15 is 0 Å². The molecule has 0 fully saturated rings. The lowest BCUT2D eigenvalue weighted by atomic mass is 10.1. The number of hydrogen-bond acceptors (Lipinski definition) is 2. The first-order valence-corrected chi connectivity index (χ1v) is 6.01. The van der Waals surface area contributed by atoms with E-state index in [1.807, 2.05) is 24.5 Å². The third kappa shape index (κ3) is 3.08. The summed E-state index contributed by atoms with van der Waals surface area (Å²) in [4.78, 5) is 0. The molecule has 1 heterocycles. The first-order chi connectivity index (χ1) is 8.16. The summed E-state index contributed by atoms with van der Waals surface area (Å²) in [6.45, 7) is 5.02. The van der Waals surface area contributed by atoms with Crippen LogP contribution in [-0.2, 0) is 6.54 Å². The number of aromatic amines is 1. The number of nitrogens with one attached hydrogen (secondary N) is 2. The molecule has 1 aromatic carbocycles. The zero-order valence-electron chi connectivity index (χ0n) is 10.00. The topological polar surface area (TPSA) is 40.7 Å². The van der Waals surface area contributed by atoms with Gasteiger partial charge in [-0.2, -0.15) is 5.10 Å². The predicted octanol–water partition coefficient (Wildman–Crippen LogP) is 3.22. The number of rotatable bonds is 4. The number of nitrogens with zero attached hydrogens (tertiary/aromatic N) is 1. The van der Waals surface area contributed by atoms with Crippen molar-refractivity contribution in [2.75, 3.05) is 0 Å². The Bertz CT molecular complexity index is 479. The Morgan fingerprint density at radius 2 is 2.29 bits per heavy atom. The summed E-state index contributed by atoms with van der Waals surface area (Å²) in [6, 6.07) is 6.26. The Balaban J connectivity index is 1.98. The number of aromatic nitrogens is 2. The van der Waals surface area contributed by atoms with Crippen molar-refractivity contribution < 1.29 is 0 Å². The van der Waals surface area contributed by atoms with Crippen molar-refractivity contribution in [3.05, 3.63) is 52.3 Å². The Kier molecular flexibility index (Phi) is 3.82. The molecule has 0 aliphatic carbocycles. The Morgan fingerprint density at radius 1 is 1.47 bits per heavy atom. The molecule has 0 saturated carbocycles. The zero-order valence-corrected chi connectivity index (χ0v) is 10.8. The lowest BCUT2D eigenvalue weighted by molar-refractivity contribution is 0.573. The highest BCUT2D eigenvalue weighted by Gasteiger charge is 2.06. The summed E-state index contributed by atoms with van der Waals surface area (Å²) >= 11 is 5.93. The van der Waals surface area contributed by atoms with E-state index in [-0.39, 0.29) is 6.04 Å². The van der Waals surface area contributed by atoms with Crippen LogP contribution in [0.2, 0.25) is 5.02 Å². The van der Waals surface area contributed by atoms with E-state index in [0.29, 0.717) is 0 Å². The third-order valence-electron chi connectivity index (χ3n) is 2.92. The van der Waals surface area contributed by atoms with Crippen LogP contribution in [0.15, 0.2) is 30.6 Å². The van der Waals surface area contributed by atoms with Crippen LogP contribution in [0, 0.1) is 6.92 Å². The van der Waals surface area contributed by atoms with Crippen LogP contribution in [-0.4, -0.2) is 10.2 Å². The molecule has 90 valence electrons. The molecule has 0 aliphatic rings. The average molecular weight is 250 g/mol. The molecule has 0 saturated heterocycles. The average Bonchev–Trinajstić information content (AvgIpc) is 2.81. The molecule has 2 N–H and O–H groups in total. The van der Waals surface area contributed by atoms with E-state index in [2.05, 4.69) is 35.4 Å². The minimum Gasteiger partial charge on any atom is -0.306 e. The quantitative estimate of drug-likeness (QED) is 0.874. The highest BCUT2D eigenvalue weighted by molar-refractivity contribution is 6.30. The SMILES string of the molecule is Cc1cc(Cl)ccc1CNC(C)c1cn[nH]c1. The van der Waals surface area contributed by atoms with Gasteiger partial charge in [0, 0.05) is 29.4 Å². The highest BCUT2D eigenvalue weighted by atomic mass is 35.5. The van der Waals surface area contributed by atoms with Gasteiger partial charge in [0.1, 0.15) is 0 Å². The summed E-state index contributed by atoms with van der Waals surface area (Å²) in [6.07, 6.45) is 3.75. The number of benzene rings is 1. The molecule has 2 rings (SSSR count). The summed E-state index contributed by atoms with van der Waals surface area (Å²) in [5.74, 6) is 0. The second-order valence-corrected chi connectivity index (χ2v) is 4.64. The first-order valence-electron chi connectivity index (χ1n) is 5.64. The molecule has 3 nitrogen and oxygen atoms in total. The van der Waals surface area contributed by atoms with E-state index in [9.17, 15) is 0 Å². The molecule has 1 aromatic heterocycles. The van der Waals surface area contributed by atoms with Crippen LogP contribution >= 0.6 is 11.6 Å². The van der Waals surface area contributed by atoms with Gasteiger partial charge in [-0.05, 0) is 37.1 Å². The van der Waals surface area contributed by atoms with Gasteiger partial charge in [-0.25, -0.2) is 0 Å². The van der Waals surface area contributed by atoms with Crippen molar-refractivity contribution >= 4 is 11.6 Å². The van der Waals surface area contributed by atoms with Gasteiger partial charge in [-0.15, -0.1) is 0 Å². The molecule has 0 spiro atoms. The number of H-pyrrole nitrogens is 1. The highest BCUT2D eigenvalue weighted by Crippen LogP contribution is 2.16. The predicted molar refractivity (Wildman–Crippen MR) is 70.0 cm³/mol. The fourth-order valence-corrected chi connectivity index (χ4v) is 1.96. The van der Waals surface area contributed by atoms with Crippen LogP contribution in [0.3, 0.4) is 0 Å². The molecular weight excluding hydrogens is 234 g/mol. The summed E-state index contributed by atoms with van der Waals surface area (Å²) in [5, 5.41) is 11.0. The van der Waals surface area contributed by atoms with Gasteiger partial charge < -0.3 is 5.32 Å². The fourth-order valence-electron chi connectivity index (χ4n) is 1.74. The normalized spacial score (nSPS) is 12.6. The number of aryl methyl sites for hydroxylation is 1. The van der Waals surface area contributed by atoms with E-state index in [1.165, 1.54) is 11.1 Å². The zero-order chi connectivity index (χ0) is 12.3. The third-order valence-corrected chi connectivity index (χ3v) is 3.16.